The number of fused-ring (bicyclic) bond motifs is 1. The lowest BCUT2D eigenvalue weighted by Crippen LogP contribution is -2.11. The summed E-state index contributed by atoms with van der Waals surface area (Å²) in [6.07, 6.45) is 0. The van der Waals surface area contributed by atoms with Gasteiger partial charge >= 0.3 is 0 Å². The third kappa shape index (κ3) is 4.52. The number of amides is 2. The summed E-state index contributed by atoms with van der Waals surface area (Å²) in [6.45, 7) is 0. The van der Waals surface area contributed by atoms with Crippen molar-refractivity contribution in [1.29, 1.82) is 0 Å². The molecular weight excluding hydrogens is 410 g/mol. The van der Waals surface area contributed by atoms with Crippen LogP contribution in [0.2, 0.25) is 0 Å². The van der Waals surface area contributed by atoms with E-state index in [1.165, 1.54) is 0 Å². The van der Waals surface area contributed by atoms with E-state index in [4.69, 9.17) is 0 Å². The van der Waals surface area contributed by atoms with Crippen LogP contribution in [0.25, 0.3) is 22.2 Å². The van der Waals surface area contributed by atoms with Crippen molar-refractivity contribution >= 4 is 34.1 Å². The standard InChI is InChI=1S/C28H21N3O2/c32-27(20-7-3-1-4-8-20)29-23-13-11-19(12-14-23)26-18-22-17-24(15-16-25(22)31-26)30-28(33)21-9-5-2-6-10-21/h1-18,31H,(H,29,32)(H,30,33). The van der Waals surface area contributed by atoms with Crippen LogP contribution in [-0.4, -0.2) is 16.8 Å². The van der Waals surface area contributed by atoms with Crippen molar-refractivity contribution in [2.75, 3.05) is 10.6 Å². The van der Waals surface area contributed by atoms with Gasteiger partial charge in [-0.25, -0.2) is 0 Å². The molecule has 4 aromatic carbocycles. The maximum absolute atomic E-state index is 12.4. The number of H-pyrrole nitrogens is 1. The Hall–Kier alpha value is -4.64. The Morgan fingerprint density at radius 3 is 1.73 bits per heavy atom. The summed E-state index contributed by atoms with van der Waals surface area (Å²) in [5.74, 6) is -0.280. The molecule has 0 aliphatic carbocycles. The number of rotatable bonds is 5. The van der Waals surface area contributed by atoms with Crippen molar-refractivity contribution in [3.63, 3.8) is 0 Å². The van der Waals surface area contributed by atoms with Gasteiger partial charge in [0.05, 0.1) is 0 Å². The number of nitrogens with one attached hydrogen (secondary N) is 3. The van der Waals surface area contributed by atoms with Crippen LogP contribution >= 0.6 is 0 Å². The third-order valence-electron chi connectivity index (χ3n) is 5.40. The largest absolute Gasteiger partial charge is 0.355 e. The summed E-state index contributed by atoms with van der Waals surface area (Å²) >= 11 is 0. The van der Waals surface area contributed by atoms with Crippen molar-refractivity contribution in [3.8, 4) is 11.3 Å². The Morgan fingerprint density at radius 2 is 1.12 bits per heavy atom. The number of anilines is 2. The zero-order valence-corrected chi connectivity index (χ0v) is 17.7. The highest BCUT2D eigenvalue weighted by Gasteiger charge is 2.09. The lowest BCUT2D eigenvalue weighted by atomic mass is 10.1. The van der Waals surface area contributed by atoms with E-state index in [9.17, 15) is 9.59 Å². The van der Waals surface area contributed by atoms with Gasteiger partial charge in [-0.1, -0.05) is 48.5 Å². The van der Waals surface area contributed by atoms with Gasteiger partial charge in [-0.3, -0.25) is 9.59 Å². The first kappa shape index (κ1) is 20.3. The molecule has 0 radical (unpaired) electrons. The summed E-state index contributed by atoms with van der Waals surface area (Å²) in [7, 11) is 0. The molecule has 0 saturated heterocycles. The Bertz CT molecular complexity index is 1420. The molecule has 2 amide bonds. The van der Waals surface area contributed by atoms with Gasteiger partial charge in [0.2, 0.25) is 0 Å². The molecule has 0 bridgehead atoms. The number of benzene rings is 4. The molecule has 0 saturated carbocycles. The van der Waals surface area contributed by atoms with Crippen LogP contribution in [0.1, 0.15) is 20.7 Å². The fraction of sp³-hybridized carbons (Fsp3) is 0. The first-order valence-corrected chi connectivity index (χ1v) is 10.6. The topological polar surface area (TPSA) is 74.0 Å². The smallest absolute Gasteiger partial charge is 0.255 e. The highest BCUT2D eigenvalue weighted by Crippen LogP contribution is 2.27. The van der Waals surface area contributed by atoms with Crippen molar-refractivity contribution < 1.29 is 9.59 Å². The van der Waals surface area contributed by atoms with Crippen LogP contribution in [0, 0.1) is 0 Å². The van der Waals surface area contributed by atoms with Crippen LogP contribution in [0.5, 0.6) is 0 Å². The van der Waals surface area contributed by atoms with Crippen molar-refractivity contribution in [1.82, 2.24) is 4.98 Å². The third-order valence-corrected chi connectivity index (χ3v) is 5.40. The molecule has 160 valence electrons. The number of hydrogen-bond donors (Lipinski definition) is 3. The Balaban J connectivity index is 1.31. The monoisotopic (exact) mass is 431 g/mol. The predicted octanol–water partition coefficient (Wildman–Crippen LogP) is 6.34. The van der Waals surface area contributed by atoms with Crippen LogP contribution in [0.4, 0.5) is 11.4 Å². The summed E-state index contributed by atoms with van der Waals surface area (Å²) < 4.78 is 0. The van der Waals surface area contributed by atoms with Gasteiger partial charge in [-0.15, -0.1) is 0 Å². The molecule has 5 nitrogen and oxygen atoms in total. The minimum atomic E-state index is -0.140. The second kappa shape index (κ2) is 8.85. The average molecular weight is 431 g/mol. The number of aromatic amines is 1. The average Bonchev–Trinajstić information content (AvgIpc) is 3.29. The molecule has 5 heteroatoms. The van der Waals surface area contributed by atoms with E-state index in [1.54, 1.807) is 24.3 Å². The van der Waals surface area contributed by atoms with E-state index in [1.807, 2.05) is 84.9 Å². The fourth-order valence-corrected chi connectivity index (χ4v) is 3.68. The second-order valence-corrected chi connectivity index (χ2v) is 7.70. The molecule has 0 aliphatic rings. The number of hydrogen-bond acceptors (Lipinski definition) is 2. The molecule has 0 aliphatic heterocycles. The summed E-state index contributed by atoms with van der Waals surface area (Å²) in [5, 5.41) is 6.86. The molecule has 1 aromatic heterocycles. The first-order chi connectivity index (χ1) is 16.2. The lowest BCUT2D eigenvalue weighted by Gasteiger charge is -2.06. The van der Waals surface area contributed by atoms with E-state index in [0.29, 0.717) is 11.1 Å². The molecule has 0 unspecified atom stereocenters. The van der Waals surface area contributed by atoms with E-state index < -0.39 is 0 Å². The second-order valence-electron chi connectivity index (χ2n) is 7.70. The van der Waals surface area contributed by atoms with Gasteiger partial charge in [-0.05, 0) is 66.2 Å². The molecule has 3 N–H and O–H groups in total. The SMILES string of the molecule is O=C(Nc1ccc(-c2cc3cc(NC(=O)c4ccccc4)ccc3[nH]2)cc1)c1ccccc1. The van der Waals surface area contributed by atoms with E-state index >= 15 is 0 Å². The van der Waals surface area contributed by atoms with Crippen molar-refractivity contribution in [2.45, 2.75) is 0 Å². The molecule has 5 aromatic rings. The molecular formula is C28H21N3O2. The summed E-state index contributed by atoms with van der Waals surface area (Å²) in [6, 6.07) is 33.8. The predicted molar refractivity (Wildman–Crippen MR) is 133 cm³/mol. The van der Waals surface area contributed by atoms with Crippen LogP contribution in [-0.2, 0) is 0 Å². The van der Waals surface area contributed by atoms with E-state index in [2.05, 4.69) is 15.6 Å². The number of carbonyl (C=O) groups is 2. The number of carbonyl (C=O) groups excluding carboxylic acids is 2. The van der Waals surface area contributed by atoms with Gasteiger partial charge in [-0.2, -0.15) is 0 Å². The van der Waals surface area contributed by atoms with Gasteiger partial charge < -0.3 is 15.6 Å². The van der Waals surface area contributed by atoms with Crippen LogP contribution < -0.4 is 10.6 Å². The highest BCUT2D eigenvalue weighted by molar-refractivity contribution is 6.05. The summed E-state index contributed by atoms with van der Waals surface area (Å²) in [5.41, 5.74) is 5.63. The highest BCUT2D eigenvalue weighted by atomic mass is 16.2. The van der Waals surface area contributed by atoms with Gasteiger partial charge in [0.25, 0.3) is 11.8 Å². The van der Waals surface area contributed by atoms with Crippen LogP contribution in [0.15, 0.2) is 109 Å². The zero-order chi connectivity index (χ0) is 22.6. The Kier molecular flexibility index (Phi) is 5.43. The van der Waals surface area contributed by atoms with Crippen molar-refractivity contribution in [2.24, 2.45) is 0 Å². The quantitative estimate of drug-likeness (QED) is 0.304. The number of aromatic nitrogens is 1. The molecule has 0 spiro atoms. The van der Waals surface area contributed by atoms with Crippen LogP contribution in [0.3, 0.4) is 0 Å². The van der Waals surface area contributed by atoms with E-state index in [-0.39, 0.29) is 11.8 Å². The van der Waals surface area contributed by atoms with E-state index in [0.717, 1.165) is 33.5 Å². The molecule has 1 heterocycles. The summed E-state index contributed by atoms with van der Waals surface area (Å²) in [4.78, 5) is 28.2. The molecule has 0 atom stereocenters. The van der Waals surface area contributed by atoms with Gasteiger partial charge in [0, 0.05) is 39.1 Å². The fourth-order valence-electron chi connectivity index (χ4n) is 3.68. The zero-order valence-electron chi connectivity index (χ0n) is 17.7. The van der Waals surface area contributed by atoms with Gasteiger partial charge in [0.1, 0.15) is 0 Å². The first-order valence-electron chi connectivity index (χ1n) is 10.6. The Labute approximate surface area is 191 Å². The normalized spacial score (nSPS) is 10.7. The minimum Gasteiger partial charge on any atom is -0.355 e. The van der Waals surface area contributed by atoms with Gasteiger partial charge in [0.15, 0.2) is 0 Å². The molecule has 5 rings (SSSR count). The maximum Gasteiger partial charge on any atom is 0.255 e. The maximum atomic E-state index is 12.4. The minimum absolute atomic E-state index is 0.140. The molecule has 0 fully saturated rings. The van der Waals surface area contributed by atoms with Crippen molar-refractivity contribution in [3.05, 3.63) is 120 Å². The Morgan fingerprint density at radius 1 is 0.576 bits per heavy atom. The lowest BCUT2D eigenvalue weighted by molar-refractivity contribution is 0.101. The molecule has 33 heavy (non-hydrogen) atoms.